The maximum Gasteiger partial charge on any atom is 0.277 e. The van der Waals surface area contributed by atoms with Crippen LogP contribution in [-0.4, -0.2) is 37.3 Å². The average molecular weight is 409 g/mol. The summed E-state index contributed by atoms with van der Waals surface area (Å²) in [6.07, 6.45) is 0. The van der Waals surface area contributed by atoms with Gasteiger partial charge in [0.15, 0.2) is 17.2 Å². The number of nitrogens with one attached hydrogen (secondary N) is 1. The Morgan fingerprint density at radius 1 is 1.14 bits per heavy atom. The average Bonchev–Trinajstić information content (AvgIpc) is 3.05. The van der Waals surface area contributed by atoms with Crippen LogP contribution in [0.4, 0.5) is 5.82 Å². The molecule has 0 spiro atoms. The molecule has 1 N–H and O–H groups in total. The molecule has 3 aromatic heterocycles. The lowest BCUT2D eigenvalue weighted by Gasteiger charge is -2.07. The zero-order valence-electron chi connectivity index (χ0n) is 15.8. The molecule has 29 heavy (non-hydrogen) atoms. The number of hydrogen-bond donors (Lipinski definition) is 1. The number of carbonyl (C=O) groups excluding carboxylic acids is 1. The number of halogens is 1. The third kappa shape index (κ3) is 3.74. The number of fused-ring (bicyclic) bond motifs is 1. The Morgan fingerprint density at radius 3 is 2.69 bits per heavy atom. The van der Waals surface area contributed by atoms with Crippen LogP contribution in [0.2, 0.25) is 5.02 Å². The van der Waals surface area contributed by atoms with Crippen molar-refractivity contribution in [2.75, 3.05) is 11.9 Å². The van der Waals surface area contributed by atoms with Crippen LogP contribution in [0, 0.1) is 6.92 Å². The Labute approximate surface area is 171 Å². The van der Waals surface area contributed by atoms with Crippen LogP contribution in [0.1, 0.15) is 23.1 Å². The van der Waals surface area contributed by atoms with E-state index in [9.17, 15) is 4.79 Å². The number of rotatable bonds is 5. The molecule has 4 aromatic rings. The zero-order chi connectivity index (χ0) is 20.4. The van der Waals surface area contributed by atoms with Crippen LogP contribution in [0.25, 0.3) is 16.9 Å². The normalized spacial score (nSPS) is 10.9. The number of carbonyl (C=O) groups is 1. The van der Waals surface area contributed by atoms with Gasteiger partial charge in [-0.2, -0.15) is 5.10 Å². The van der Waals surface area contributed by atoms with Crippen LogP contribution < -0.4 is 10.1 Å². The predicted octanol–water partition coefficient (Wildman–Crippen LogP) is 3.80. The first-order valence-electron chi connectivity index (χ1n) is 8.96. The minimum Gasteiger partial charge on any atom is -0.477 e. The van der Waals surface area contributed by atoms with E-state index in [1.54, 1.807) is 31.2 Å². The molecule has 0 bridgehead atoms. The lowest BCUT2D eigenvalue weighted by Crippen LogP contribution is -2.17. The fourth-order valence-electron chi connectivity index (χ4n) is 2.90. The summed E-state index contributed by atoms with van der Waals surface area (Å²) in [6, 6.07) is 14.3. The number of benzene rings is 1. The molecule has 4 rings (SSSR count). The second-order valence-corrected chi connectivity index (χ2v) is 6.57. The summed E-state index contributed by atoms with van der Waals surface area (Å²) < 4.78 is 6.76. The SMILES string of the molecule is CCOc1ccc(NC(=O)c2c(C)nc3ccc(-c4ccccc4Cl)nn23)nn1. The monoisotopic (exact) mass is 408 g/mol. The van der Waals surface area contributed by atoms with Gasteiger partial charge >= 0.3 is 0 Å². The van der Waals surface area contributed by atoms with Crippen molar-refractivity contribution in [2.45, 2.75) is 13.8 Å². The molecule has 1 amide bonds. The highest BCUT2D eigenvalue weighted by molar-refractivity contribution is 6.33. The van der Waals surface area contributed by atoms with Crippen LogP contribution in [0.5, 0.6) is 5.88 Å². The molecule has 1 aromatic carbocycles. The van der Waals surface area contributed by atoms with E-state index in [2.05, 4.69) is 25.6 Å². The third-order valence-corrected chi connectivity index (χ3v) is 4.52. The standard InChI is InChI=1S/C20H17ClN6O2/c1-3-29-18-11-9-16(24-25-18)23-20(28)19-12(2)22-17-10-8-15(26-27(17)19)13-6-4-5-7-14(13)21/h4-11H,3H2,1-2H3,(H,23,24,28). The molecule has 0 aliphatic rings. The van der Waals surface area contributed by atoms with Gasteiger partial charge in [0.1, 0.15) is 0 Å². The molecular weight excluding hydrogens is 392 g/mol. The second kappa shape index (κ2) is 7.84. The van der Waals surface area contributed by atoms with E-state index in [0.717, 1.165) is 5.56 Å². The van der Waals surface area contributed by atoms with Gasteiger partial charge in [-0.1, -0.05) is 29.8 Å². The first-order valence-corrected chi connectivity index (χ1v) is 9.33. The quantitative estimate of drug-likeness (QED) is 0.539. The highest BCUT2D eigenvalue weighted by Crippen LogP contribution is 2.26. The van der Waals surface area contributed by atoms with Crippen molar-refractivity contribution in [1.82, 2.24) is 24.8 Å². The minimum atomic E-state index is -0.391. The van der Waals surface area contributed by atoms with Gasteiger partial charge < -0.3 is 10.1 Å². The maximum atomic E-state index is 12.9. The zero-order valence-corrected chi connectivity index (χ0v) is 16.5. The fraction of sp³-hybridized carbons (Fsp3) is 0.150. The molecule has 0 saturated heterocycles. The number of aromatic nitrogens is 5. The summed E-state index contributed by atoms with van der Waals surface area (Å²) >= 11 is 6.29. The van der Waals surface area contributed by atoms with Crippen LogP contribution in [-0.2, 0) is 0 Å². The summed E-state index contributed by atoms with van der Waals surface area (Å²) in [6.45, 7) is 4.10. The number of hydrogen-bond acceptors (Lipinski definition) is 6. The lowest BCUT2D eigenvalue weighted by atomic mass is 10.1. The van der Waals surface area contributed by atoms with Crippen LogP contribution in [0.15, 0.2) is 48.5 Å². The first kappa shape index (κ1) is 18.8. The summed E-state index contributed by atoms with van der Waals surface area (Å²) in [5, 5.41) is 15.7. The topological polar surface area (TPSA) is 94.3 Å². The molecule has 3 heterocycles. The van der Waals surface area contributed by atoms with Crippen molar-refractivity contribution in [1.29, 1.82) is 0 Å². The minimum absolute atomic E-state index is 0.301. The van der Waals surface area contributed by atoms with Crippen molar-refractivity contribution < 1.29 is 9.53 Å². The number of nitrogens with zero attached hydrogens (tertiary/aromatic N) is 5. The Hall–Kier alpha value is -3.52. The van der Waals surface area contributed by atoms with Gasteiger partial charge in [0, 0.05) is 11.6 Å². The first-order chi connectivity index (χ1) is 14.1. The van der Waals surface area contributed by atoms with E-state index in [0.29, 0.717) is 46.1 Å². The van der Waals surface area contributed by atoms with Crippen molar-refractivity contribution in [2.24, 2.45) is 0 Å². The number of anilines is 1. The highest BCUT2D eigenvalue weighted by atomic mass is 35.5. The number of amides is 1. The van der Waals surface area contributed by atoms with E-state index in [4.69, 9.17) is 16.3 Å². The molecule has 9 heteroatoms. The molecule has 0 aliphatic carbocycles. The molecule has 0 fully saturated rings. The van der Waals surface area contributed by atoms with E-state index in [1.807, 2.05) is 31.2 Å². The molecule has 8 nitrogen and oxygen atoms in total. The van der Waals surface area contributed by atoms with Crippen molar-refractivity contribution in [3.8, 4) is 17.1 Å². The second-order valence-electron chi connectivity index (χ2n) is 6.16. The Kier molecular flexibility index (Phi) is 5.09. The molecule has 0 saturated carbocycles. The van der Waals surface area contributed by atoms with E-state index >= 15 is 0 Å². The van der Waals surface area contributed by atoms with Gasteiger partial charge in [-0.3, -0.25) is 4.79 Å². The van der Waals surface area contributed by atoms with Gasteiger partial charge in [0.2, 0.25) is 5.88 Å². The van der Waals surface area contributed by atoms with Gasteiger partial charge in [-0.25, -0.2) is 9.50 Å². The van der Waals surface area contributed by atoms with E-state index < -0.39 is 5.91 Å². The largest absolute Gasteiger partial charge is 0.477 e. The predicted molar refractivity (Wildman–Crippen MR) is 109 cm³/mol. The van der Waals surface area contributed by atoms with Gasteiger partial charge in [-0.15, -0.1) is 10.2 Å². The van der Waals surface area contributed by atoms with Crippen molar-refractivity contribution in [3.05, 3.63) is 64.9 Å². The molecule has 0 unspecified atom stereocenters. The fourth-order valence-corrected chi connectivity index (χ4v) is 3.14. The maximum absolute atomic E-state index is 12.9. The molecule has 0 radical (unpaired) electrons. The molecule has 0 aliphatic heterocycles. The smallest absolute Gasteiger partial charge is 0.277 e. The summed E-state index contributed by atoms with van der Waals surface area (Å²) in [5.41, 5.74) is 2.82. The van der Waals surface area contributed by atoms with Crippen LogP contribution in [0.3, 0.4) is 0 Å². The third-order valence-electron chi connectivity index (χ3n) is 4.19. The van der Waals surface area contributed by atoms with Crippen molar-refractivity contribution in [3.63, 3.8) is 0 Å². The van der Waals surface area contributed by atoms with Gasteiger partial charge in [-0.05, 0) is 38.1 Å². The van der Waals surface area contributed by atoms with Gasteiger partial charge in [0.25, 0.3) is 5.91 Å². The molecule has 146 valence electrons. The van der Waals surface area contributed by atoms with Crippen molar-refractivity contribution >= 4 is 29.0 Å². The number of imidazole rings is 1. The van der Waals surface area contributed by atoms with E-state index in [1.165, 1.54) is 4.52 Å². The number of aryl methyl sites for hydroxylation is 1. The summed E-state index contributed by atoms with van der Waals surface area (Å²) in [5.74, 6) is 0.301. The van der Waals surface area contributed by atoms with Crippen LogP contribution >= 0.6 is 11.6 Å². The number of ether oxygens (including phenoxy) is 1. The Morgan fingerprint density at radius 2 is 1.97 bits per heavy atom. The Balaban J connectivity index is 1.69. The lowest BCUT2D eigenvalue weighted by molar-refractivity contribution is 0.101. The molecule has 0 atom stereocenters. The van der Waals surface area contributed by atoms with Gasteiger partial charge in [0.05, 0.1) is 23.0 Å². The van der Waals surface area contributed by atoms with E-state index in [-0.39, 0.29) is 0 Å². The Bertz CT molecular complexity index is 1190. The summed E-state index contributed by atoms with van der Waals surface area (Å²) in [7, 11) is 0. The molecular formula is C20H17ClN6O2. The highest BCUT2D eigenvalue weighted by Gasteiger charge is 2.19. The summed E-state index contributed by atoms with van der Waals surface area (Å²) in [4.78, 5) is 17.3.